The van der Waals surface area contributed by atoms with E-state index in [-0.39, 0.29) is 24.3 Å². The van der Waals surface area contributed by atoms with Gasteiger partial charge in [-0.25, -0.2) is 4.79 Å². The molecule has 0 radical (unpaired) electrons. The highest BCUT2D eigenvalue weighted by Crippen LogP contribution is 2.34. The fourth-order valence-electron chi connectivity index (χ4n) is 4.46. The second kappa shape index (κ2) is 10.0. The summed E-state index contributed by atoms with van der Waals surface area (Å²) in [5.74, 6) is -0.420. The molecule has 0 aromatic heterocycles. The van der Waals surface area contributed by atoms with E-state index in [0.29, 0.717) is 29.4 Å². The summed E-state index contributed by atoms with van der Waals surface area (Å²) >= 11 is 0. The van der Waals surface area contributed by atoms with Crippen LogP contribution >= 0.6 is 0 Å². The van der Waals surface area contributed by atoms with Crippen LogP contribution in [0.3, 0.4) is 0 Å². The van der Waals surface area contributed by atoms with E-state index in [9.17, 15) is 14.4 Å². The van der Waals surface area contributed by atoms with E-state index >= 15 is 0 Å². The van der Waals surface area contributed by atoms with Gasteiger partial charge in [0.05, 0.1) is 24.3 Å². The van der Waals surface area contributed by atoms with E-state index in [1.165, 1.54) is 4.90 Å². The first-order valence-corrected chi connectivity index (χ1v) is 11.7. The number of nitrogens with zero attached hydrogens (tertiary/aromatic N) is 2. The Balaban J connectivity index is 1.59. The van der Waals surface area contributed by atoms with Gasteiger partial charge in [-0.05, 0) is 48.4 Å². The predicted octanol–water partition coefficient (Wildman–Crippen LogP) is 4.27. The first-order valence-electron chi connectivity index (χ1n) is 11.7. The number of likely N-dealkylation sites (tertiary alicyclic amines) is 1. The smallest absolute Gasteiger partial charge is 0.338 e. The summed E-state index contributed by atoms with van der Waals surface area (Å²) < 4.78 is 5.17. The number of carbonyl (C=O) groups is 3. The van der Waals surface area contributed by atoms with Crippen LogP contribution < -0.4 is 0 Å². The first-order chi connectivity index (χ1) is 16.0. The molecule has 4 rings (SSSR count). The quantitative estimate of drug-likeness (QED) is 0.470. The average molecular weight is 447 g/mol. The van der Waals surface area contributed by atoms with Crippen molar-refractivity contribution in [3.8, 4) is 0 Å². The van der Waals surface area contributed by atoms with Crippen molar-refractivity contribution in [2.45, 2.75) is 39.7 Å². The third-order valence-corrected chi connectivity index (χ3v) is 6.15. The van der Waals surface area contributed by atoms with E-state index in [1.807, 2.05) is 37.3 Å². The van der Waals surface area contributed by atoms with Gasteiger partial charge in [0.25, 0.3) is 11.8 Å². The summed E-state index contributed by atoms with van der Waals surface area (Å²) in [5.41, 5.74) is 2.99. The molecule has 0 bridgehead atoms. The Morgan fingerprint density at radius 3 is 2.42 bits per heavy atom. The Morgan fingerprint density at radius 1 is 1.03 bits per heavy atom. The zero-order valence-electron chi connectivity index (χ0n) is 19.3. The summed E-state index contributed by atoms with van der Waals surface area (Å²) in [6.07, 6.45) is 2.89. The molecule has 1 atom stereocenters. The topological polar surface area (TPSA) is 66.9 Å². The Bertz CT molecular complexity index is 1060. The summed E-state index contributed by atoms with van der Waals surface area (Å²) in [6.45, 7) is 6.21. The van der Waals surface area contributed by atoms with Crippen LogP contribution in [-0.2, 0) is 20.9 Å². The highest BCUT2D eigenvalue weighted by atomic mass is 16.5. The molecule has 1 saturated heterocycles. The van der Waals surface area contributed by atoms with Crippen LogP contribution in [0.25, 0.3) is 5.57 Å². The van der Waals surface area contributed by atoms with Crippen molar-refractivity contribution in [2.24, 2.45) is 5.92 Å². The zero-order chi connectivity index (χ0) is 23.4. The van der Waals surface area contributed by atoms with Gasteiger partial charge in [0.15, 0.2) is 0 Å². The van der Waals surface area contributed by atoms with Gasteiger partial charge in [0.1, 0.15) is 5.70 Å². The van der Waals surface area contributed by atoms with Crippen molar-refractivity contribution in [3.05, 3.63) is 77.0 Å². The standard InChI is InChI=1S/C27H30N2O4/c1-3-16-33-27(32)22-13-11-20(12-14-22)18-29-25(30)23(21-9-5-4-6-10-21)24(26(29)31)28-15-7-8-19(2)17-28/h4-6,9-14,19H,3,7-8,15-18H2,1-2H3. The molecule has 0 N–H and O–H groups in total. The monoisotopic (exact) mass is 446 g/mol. The molecule has 0 aliphatic carbocycles. The highest BCUT2D eigenvalue weighted by Gasteiger charge is 2.42. The summed E-state index contributed by atoms with van der Waals surface area (Å²) in [7, 11) is 0. The molecule has 6 heteroatoms. The molecule has 2 amide bonds. The van der Waals surface area contributed by atoms with Gasteiger partial charge >= 0.3 is 5.97 Å². The third-order valence-electron chi connectivity index (χ3n) is 6.15. The van der Waals surface area contributed by atoms with Gasteiger partial charge in [0, 0.05) is 13.1 Å². The molecular weight excluding hydrogens is 416 g/mol. The Labute approximate surface area is 194 Å². The minimum atomic E-state index is -0.369. The lowest BCUT2D eigenvalue weighted by molar-refractivity contribution is -0.138. The van der Waals surface area contributed by atoms with Crippen molar-refractivity contribution < 1.29 is 19.1 Å². The third kappa shape index (κ3) is 4.85. The zero-order valence-corrected chi connectivity index (χ0v) is 19.3. The van der Waals surface area contributed by atoms with Crippen molar-refractivity contribution in [3.63, 3.8) is 0 Å². The fourth-order valence-corrected chi connectivity index (χ4v) is 4.46. The lowest BCUT2D eigenvalue weighted by Crippen LogP contribution is -2.39. The van der Waals surface area contributed by atoms with Gasteiger partial charge in [-0.2, -0.15) is 0 Å². The largest absolute Gasteiger partial charge is 0.462 e. The highest BCUT2D eigenvalue weighted by molar-refractivity contribution is 6.35. The SMILES string of the molecule is CCCOC(=O)c1ccc(CN2C(=O)C(c3ccccc3)=C(N3CCCC(C)C3)C2=O)cc1. The number of hydrogen-bond donors (Lipinski definition) is 0. The van der Waals surface area contributed by atoms with Crippen molar-refractivity contribution in [2.75, 3.05) is 19.7 Å². The van der Waals surface area contributed by atoms with E-state index in [4.69, 9.17) is 4.74 Å². The predicted molar refractivity (Wildman–Crippen MR) is 126 cm³/mol. The maximum absolute atomic E-state index is 13.5. The number of piperidine rings is 1. The average Bonchev–Trinajstić information content (AvgIpc) is 3.08. The second-order valence-electron chi connectivity index (χ2n) is 8.81. The van der Waals surface area contributed by atoms with Crippen LogP contribution in [0, 0.1) is 5.92 Å². The van der Waals surface area contributed by atoms with Crippen LogP contribution in [0.4, 0.5) is 0 Å². The Hall–Kier alpha value is -3.41. The van der Waals surface area contributed by atoms with Crippen LogP contribution in [-0.4, -0.2) is 47.3 Å². The molecule has 2 heterocycles. The number of hydrogen-bond acceptors (Lipinski definition) is 5. The number of esters is 1. The fraction of sp³-hybridized carbons (Fsp3) is 0.370. The molecule has 2 aromatic rings. The molecule has 1 unspecified atom stereocenters. The van der Waals surface area contributed by atoms with E-state index in [1.54, 1.807) is 24.3 Å². The van der Waals surface area contributed by atoms with Crippen LogP contribution in [0.2, 0.25) is 0 Å². The number of carbonyl (C=O) groups excluding carboxylic acids is 3. The number of imide groups is 1. The summed E-state index contributed by atoms with van der Waals surface area (Å²) in [5, 5.41) is 0. The summed E-state index contributed by atoms with van der Waals surface area (Å²) in [6, 6.07) is 16.3. The van der Waals surface area contributed by atoms with Crippen LogP contribution in [0.5, 0.6) is 0 Å². The molecule has 2 aliphatic heterocycles. The molecule has 33 heavy (non-hydrogen) atoms. The molecular formula is C27H30N2O4. The van der Waals surface area contributed by atoms with Gasteiger partial charge in [-0.1, -0.05) is 56.3 Å². The lowest BCUT2D eigenvalue weighted by atomic mass is 9.98. The lowest BCUT2D eigenvalue weighted by Gasteiger charge is -2.33. The number of benzene rings is 2. The van der Waals surface area contributed by atoms with Gasteiger partial charge < -0.3 is 9.64 Å². The summed E-state index contributed by atoms with van der Waals surface area (Å²) in [4.78, 5) is 42.5. The maximum Gasteiger partial charge on any atom is 0.338 e. The number of amides is 2. The molecule has 2 aromatic carbocycles. The minimum absolute atomic E-state index is 0.158. The molecule has 0 spiro atoms. The second-order valence-corrected chi connectivity index (χ2v) is 8.81. The van der Waals surface area contributed by atoms with E-state index in [0.717, 1.165) is 43.5 Å². The number of rotatable bonds is 7. The molecule has 2 aliphatic rings. The molecule has 0 saturated carbocycles. The van der Waals surface area contributed by atoms with Crippen LogP contribution in [0.15, 0.2) is 60.3 Å². The Kier molecular flexibility index (Phi) is 6.92. The molecule has 1 fully saturated rings. The molecule has 6 nitrogen and oxygen atoms in total. The van der Waals surface area contributed by atoms with Gasteiger partial charge in [-0.3, -0.25) is 14.5 Å². The Morgan fingerprint density at radius 2 is 1.76 bits per heavy atom. The van der Waals surface area contributed by atoms with Crippen molar-refractivity contribution >= 4 is 23.4 Å². The first kappa shape index (κ1) is 22.8. The van der Waals surface area contributed by atoms with Crippen molar-refractivity contribution in [1.82, 2.24) is 9.80 Å². The van der Waals surface area contributed by atoms with Crippen LogP contribution in [0.1, 0.15) is 54.6 Å². The van der Waals surface area contributed by atoms with Crippen molar-refractivity contribution in [1.29, 1.82) is 0 Å². The normalized spacial score (nSPS) is 18.8. The van der Waals surface area contributed by atoms with Gasteiger partial charge in [0.2, 0.25) is 0 Å². The maximum atomic E-state index is 13.5. The van der Waals surface area contributed by atoms with E-state index in [2.05, 4.69) is 11.8 Å². The number of ether oxygens (including phenoxy) is 1. The molecule has 172 valence electrons. The van der Waals surface area contributed by atoms with Gasteiger partial charge in [-0.15, -0.1) is 0 Å². The minimum Gasteiger partial charge on any atom is -0.462 e. The van der Waals surface area contributed by atoms with E-state index < -0.39 is 0 Å².